The first-order valence-corrected chi connectivity index (χ1v) is 8.34. The number of halogens is 3. The molecule has 0 aliphatic carbocycles. The molecule has 7 heteroatoms. The zero-order valence-corrected chi connectivity index (χ0v) is 17.1. The quantitative estimate of drug-likeness (QED) is 0.742. The minimum Gasteiger partial charge on any atom is -0.504 e. The molecule has 1 aliphatic rings. The molecule has 4 nitrogen and oxygen atoms in total. The summed E-state index contributed by atoms with van der Waals surface area (Å²) in [5.41, 5.74) is 0.949. The first kappa shape index (κ1) is 22.8. The van der Waals surface area contributed by atoms with Gasteiger partial charge in [-0.3, -0.25) is 4.90 Å². The van der Waals surface area contributed by atoms with E-state index >= 15 is 0 Å². The summed E-state index contributed by atoms with van der Waals surface area (Å²) in [6.07, 6.45) is 1.01. The zero-order valence-electron chi connectivity index (χ0n) is 13.8. The normalized spacial score (nSPS) is 16.4. The molecule has 0 amide bonds. The van der Waals surface area contributed by atoms with Crippen LogP contribution in [-0.2, 0) is 0 Å². The number of methoxy groups -OCH3 is 1. The number of nitrogens with zero attached hydrogens (tertiary/aromatic N) is 1. The molecule has 2 N–H and O–H groups in total. The molecule has 0 bridgehead atoms. The summed E-state index contributed by atoms with van der Waals surface area (Å²) in [5.74, 6) is 1.36. The van der Waals surface area contributed by atoms with Crippen LogP contribution in [-0.4, -0.2) is 43.3 Å². The van der Waals surface area contributed by atoms with Gasteiger partial charge in [0.2, 0.25) is 0 Å². The van der Waals surface area contributed by atoms with Crippen molar-refractivity contribution in [2.75, 3.05) is 33.3 Å². The Hall–Kier alpha value is -0.200. The number of hydrogen-bond donors (Lipinski definition) is 2. The minimum atomic E-state index is 0. The molecule has 23 heavy (non-hydrogen) atoms. The van der Waals surface area contributed by atoms with Crippen LogP contribution in [0.15, 0.2) is 16.6 Å². The second kappa shape index (κ2) is 10.6. The van der Waals surface area contributed by atoms with Crippen molar-refractivity contribution in [1.29, 1.82) is 0 Å². The molecule has 0 saturated carbocycles. The predicted molar refractivity (Wildman–Crippen MR) is 103 cm³/mol. The molecule has 1 aromatic rings. The van der Waals surface area contributed by atoms with Crippen LogP contribution in [0.1, 0.15) is 31.9 Å². The number of benzene rings is 1. The van der Waals surface area contributed by atoms with E-state index in [-0.39, 0.29) is 36.6 Å². The van der Waals surface area contributed by atoms with Crippen molar-refractivity contribution in [2.45, 2.75) is 26.3 Å². The van der Waals surface area contributed by atoms with Crippen LogP contribution >= 0.6 is 40.7 Å². The highest BCUT2D eigenvalue weighted by Crippen LogP contribution is 2.43. The SMILES string of the molecule is COc1ccc(Br)c([C@@H](CC(C)C)N2CCNCC2)c1O.Cl.Cl. The number of phenols is 1. The van der Waals surface area contributed by atoms with Gasteiger partial charge in [0.05, 0.1) is 7.11 Å². The summed E-state index contributed by atoms with van der Waals surface area (Å²) < 4.78 is 6.23. The maximum Gasteiger partial charge on any atom is 0.163 e. The fourth-order valence-corrected chi connectivity index (χ4v) is 3.52. The van der Waals surface area contributed by atoms with E-state index in [1.807, 2.05) is 6.07 Å². The van der Waals surface area contributed by atoms with Crippen molar-refractivity contribution in [3.8, 4) is 11.5 Å². The second-order valence-corrected chi connectivity index (χ2v) is 6.80. The second-order valence-electron chi connectivity index (χ2n) is 5.94. The van der Waals surface area contributed by atoms with Gasteiger partial charge in [-0.2, -0.15) is 0 Å². The van der Waals surface area contributed by atoms with E-state index < -0.39 is 0 Å². The first-order chi connectivity index (χ1) is 10.0. The monoisotopic (exact) mass is 428 g/mol. The molecule has 1 fully saturated rings. The average molecular weight is 430 g/mol. The van der Waals surface area contributed by atoms with Crippen molar-refractivity contribution in [1.82, 2.24) is 10.2 Å². The fraction of sp³-hybridized carbons (Fsp3) is 0.625. The molecule has 2 rings (SSSR count). The fourth-order valence-electron chi connectivity index (χ4n) is 2.93. The van der Waals surface area contributed by atoms with Gasteiger partial charge in [0.15, 0.2) is 11.5 Å². The molecule has 1 saturated heterocycles. The van der Waals surface area contributed by atoms with Gasteiger partial charge < -0.3 is 15.2 Å². The zero-order chi connectivity index (χ0) is 15.4. The molecule has 1 aromatic carbocycles. The Labute approximate surface area is 159 Å². The van der Waals surface area contributed by atoms with E-state index in [4.69, 9.17) is 4.74 Å². The van der Waals surface area contributed by atoms with Gasteiger partial charge in [-0.15, -0.1) is 24.8 Å². The van der Waals surface area contributed by atoms with Crippen LogP contribution in [0.2, 0.25) is 0 Å². The van der Waals surface area contributed by atoms with Crippen molar-refractivity contribution in [3.63, 3.8) is 0 Å². The molecule has 1 atom stereocenters. The largest absolute Gasteiger partial charge is 0.504 e. The number of piperazine rings is 1. The van der Waals surface area contributed by atoms with E-state index in [0.717, 1.165) is 42.6 Å². The minimum absolute atomic E-state index is 0. The molecular formula is C16H27BrCl2N2O2. The molecule has 0 unspecified atom stereocenters. The molecule has 1 heterocycles. The standard InChI is InChI=1S/C16H25BrN2O2.2ClH/c1-11(2)10-13(19-8-6-18-7-9-19)15-12(17)4-5-14(21-3)16(15)20;;/h4-5,11,13,18,20H,6-10H2,1-3H3;2*1H/t13-;;/m1../s1. The molecule has 0 aromatic heterocycles. The highest BCUT2D eigenvalue weighted by Gasteiger charge is 2.28. The Balaban J connectivity index is 0.00000242. The number of rotatable bonds is 5. The summed E-state index contributed by atoms with van der Waals surface area (Å²) in [6, 6.07) is 3.97. The van der Waals surface area contributed by atoms with E-state index in [0.29, 0.717) is 11.7 Å². The Morgan fingerprint density at radius 3 is 2.39 bits per heavy atom. The number of nitrogens with one attached hydrogen (secondary N) is 1. The maximum absolute atomic E-state index is 10.6. The summed E-state index contributed by atoms with van der Waals surface area (Å²) in [5, 5.41) is 14.0. The highest BCUT2D eigenvalue weighted by molar-refractivity contribution is 9.10. The van der Waals surface area contributed by atoms with Crippen LogP contribution in [0, 0.1) is 5.92 Å². The third kappa shape index (κ3) is 5.68. The Morgan fingerprint density at radius 2 is 1.87 bits per heavy atom. The third-order valence-electron chi connectivity index (χ3n) is 3.97. The van der Waals surface area contributed by atoms with Gasteiger partial charge in [-0.25, -0.2) is 0 Å². The highest BCUT2D eigenvalue weighted by atomic mass is 79.9. The van der Waals surface area contributed by atoms with Gasteiger partial charge in [-0.05, 0) is 24.5 Å². The first-order valence-electron chi connectivity index (χ1n) is 7.54. The van der Waals surface area contributed by atoms with Gasteiger partial charge in [-0.1, -0.05) is 29.8 Å². The van der Waals surface area contributed by atoms with Crippen LogP contribution < -0.4 is 10.1 Å². The number of ether oxygens (including phenoxy) is 1. The third-order valence-corrected chi connectivity index (χ3v) is 4.66. The van der Waals surface area contributed by atoms with Crippen molar-refractivity contribution in [3.05, 3.63) is 22.2 Å². The number of aromatic hydroxyl groups is 1. The van der Waals surface area contributed by atoms with Gasteiger partial charge >= 0.3 is 0 Å². The van der Waals surface area contributed by atoms with E-state index in [1.54, 1.807) is 13.2 Å². The lowest BCUT2D eigenvalue weighted by Gasteiger charge is -2.37. The lowest BCUT2D eigenvalue weighted by atomic mass is 9.94. The summed E-state index contributed by atoms with van der Waals surface area (Å²) >= 11 is 3.61. The molecule has 0 radical (unpaired) electrons. The van der Waals surface area contributed by atoms with Crippen molar-refractivity contribution in [2.24, 2.45) is 5.92 Å². The number of phenolic OH excluding ortho intramolecular Hbond substituents is 1. The molecule has 134 valence electrons. The van der Waals surface area contributed by atoms with Crippen LogP contribution in [0.4, 0.5) is 0 Å². The molecule has 1 aliphatic heterocycles. The predicted octanol–water partition coefficient (Wildman–Crippen LogP) is 4.00. The smallest absolute Gasteiger partial charge is 0.163 e. The topological polar surface area (TPSA) is 44.7 Å². The van der Waals surface area contributed by atoms with E-state index in [9.17, 15) is 5.11 Å². The number of hydrogen-bond acceptors (Lipinski definition) is 4. The lowest BCUT2D eigenvalue weighted by Crippen LogP contribution is -2.45. The molecular weight excluding hydrogens is 403 g/mol. The van der Waals surface area contributed by atoms with Crippen LogP contribution in [0.3, 0.4) is 0 Å². The summed E-state index contributed by atoms with van der Waals surface area (Å²) in [6.45, 7) is 8.44. The summed E-state index contributed by atoms with van der Waals surface area (Å²) in [4.78, 5) is 2.45. The van der Waals surface area contributed by atoms with Gasteiger partial charge in [0.25, 0.3) is 0 Å². The summed E-state index contributed by atoms with van der Waals surface area (Å²) in [7, 11) is 1.59. The van der Waals surface area contributed by atoms with Crippen LogP contribution in [0.5, 0.6) is 11.5 Å². The van der Waals surface area contributed by atoms with Gasteiger partial charge in [0, 0.05) is 42.3 Å². The lowest BCUT2D eigenvalue weighted by molar-refractivity contribution is 0.150. The van der Waals surface area contributed by atoms with Gasteiger partial charge in [0.1, 0.15) is 0 Å². The van der Waals surface area contributed by atoms with Crippen molar-refractivity contribution >= 4 is 40.7 Å². The maximum atomic E-state index is 10.6. The Bertz CT molecular complexity index is 483. The Morgan fingerprint density at radius 1 is 1.26 bits per heavy atom. The van der Waals surface area contributed by atoms with Crippen LogP contribution in [0.25, 0.3) is 0 Å². The van der Waals surface area contributed by atoms with Crippen molar-refractivity contribution < 1.29 is 9.84 Å². The van der Waals surface area contributed by atoms with E-state index in [1.165, 1.54) is 0 Å². The Kier molecular flexibility index (Phi) is 10.5. The molecule has 0 spiro atoms. The average Bonchev–Trinajstić information content (AvgIpc) is 2.47. The van der Waals surface area contributed by atoms with E-state index in [2.05, 4.69) is 40.0 Å².